The van der Waals surface area contributed by atoms with Crippen LogP contribution in [0.1, 0.15) is 125 Å². The Balaban J connectivity index is 0.641. The minimum atomic E-state index is -2.02. The fourth-order valence-electron chi connectivity index (χ4n) is 21.2. The lowest BCUT2D eigenvalue weighted by Crippen LogP contribution is -2.67. The van der Waals surface area contributed by atoms with Gasteiger partial charge in [-0.05, 0) is 141 Å². The van der Waals surface area contributed by atoms with Crippen LogP contribution >= 0.6 is 0 Å². The van der Waals surface area contributed by atoms with Crippen molar-refractivity contribution in [2.45, 2.75) is 328 Å². The third-order valence-corrected chi connectivity index (χ3v) is 28.7. The first kappa shape index (κ1) is 90.7. The number of ether oxygens (including phenoxy) is 15. The zero-order valence-electron chi connectivity index (χ0n) is 66.5. The Hall–Kier alpha value is -4.04. The highest BCUT2D eigenvalue weighted by Crippen LogP contribution is 2.76. The number of hydrogen-bond donors (Lipinski definition) is 21. The van der Waals surface area contributed by atoms with Crippen molar-refractivity contribution in [3.63, 3.8) is 0 Å². The van der Waals surface area contributed by atoms with E-state index in [1.165, 1.54) is 38.1 Å². The minimum absolute atomic E-state index is 0.0181. The standard InChI is InChI=1S/C79H120O38/c1-31-47(86)53(92)58(97)68(107-31)114-63-39(25-80)109-66(61(100)56(63)95)105-28-41-51(90)55(94)60(99)70(112-41)117-73(102)79-21-19-74(3,4)24-35(79)34-11-13-44-75(5)17-16-45(76(6,30-81)43(75)15-18-78(44,8)77(34,7)20-22-79)113-72-65(49(88)38(84)26-104-72)116-71-62(101)64(48(87)32(2)108-71)115-67-57(96)52(91)42(29-106-67)111-69-59(98)54(93)50(89)40(110-69)27-103-46(85)14-10-33-9-12-36(82)37(83)23-33/h9-12,14,23,31-32,35,38-45,47-72,80-84,86-101H,13,15-22,24-30H2,1-8H3/t31-,32-,35-,38-,39+,40+,41+,42+,43+,44+,45-,47-,48-,49-,50+,51+,52-,53+,54-,55-,56+,57+,58+,59+,60+,61+,62+,63+,64+,65+,66+,67-,68-,69-,70-,71-,72-,75-,76-,77+,78+,79-/m0/s1. The Bertz CT molecular complexity index is 3630. The molecule has 0 spiro atoms. The summed E-state index contributed by atoms with van der Waals surface area (Å²) in [5, 5.41) is 231. The Morgan fingerprint density at radius 1 is 0.504 bits per heavy atom. The molecule has 664 valence electrons. The number of fused-ring (bicyclic) bond motifs is 7. The van der Waals surface area contributed by atoms with Gasteiger partial charge in [-0.1, -0.05) is 59.3 Å². The van der Waals surface area contributed by atoms with Gasteiger partial charge in [-0.15, -0.1) is 0 Å². The second-order valence-electron chi connectivity index (χ2n) is 36.2. The maximum atomic E-state index is 15.4. The molecule has 7 aliphatic heterocycles. The number of phenolic OH excluding ortho intramolecular Hbond substituents is 2. The average molecular weight is 1680 g/mol. The molecule has 1 aromatic rings. The summed E-state index contributed by atoms with van der Waals surface area (Å²) in [6.07, 6.45) is -47.2. The van der Waals surface area contributed by atoms with Crippen molar-refractivity contribution in [2.75, 3.05) is 39.6 Å². The number of hydrogen-bond acceptors (Lipinski definition) is 38. The van der Waals surface area contributed by atoms with Gasteiger partial charge in [0.2, 0.25) is 6.29 Å². The highest BCUT2D eigenvalue weighted by atomic mass is 16.8. The van der Waals surface area contributed by atoms with Gasteiger partial charge in [-0.3, -0.25) is 4.79 Å². The number of allylic oxidation sites excluding steroid dienone is 2. The van der Waals surface area contributed by atoms with E-state index < -0.39 is 287 Å². The van der Waals surface area contributed by atoms with E-state index in [0.717, 1.165) is 11.6 Å². The van der Waals surface area contributed by atoms with E-state index in [0.29, 0.717) is 69.8 Å². The van der Waals surface area contributed by atoms with Crippen LogP contribution in [0.25, 0.3) is 6.08 Å². The average Bonchev–Trinajstić information content (AvgIpc) is 0.673. The molecule has 4 saturated carbocycles. The molecule has 0 aromatic heterocycles. The molecule has 0 unspecified atom stereocenters. The molecule has 13 rings (SSSR count). The fourth-order valence-corrected chi connectivity index (χ4v) is 21.2. The van der Waals surface area contributed by atoms with Gasteiger partial charge in [0.05, 0.1) is 56.8 Å². The van der Waals surface area contributed by atoms with Gasteiger partial charge in [0.25, 0.3) is 0 Å². The van der Waals surface area contributed by atoms with Gasteiger partial charge in [-0.25, -0.2) is 4.79 Å². The van der Waals surface area contributed by atoms with Crippen molar-refractivity contribution in [3.05, 3.63) is 41.5 Å². The number of aliphatic hydroxyl groups is 19. The van der Waals surface area contributed by atoms with Crippen molar-refractivity contribution < 1.29 is 188 Å². The predicted molar refractivity (Wildman–Crippen MR) is 390 cm³/mol. The van der Waals surface area contributed by atoms with Crippen LogP contribution in [0, 0.1) is 50.2 Å². The Kier molecular flexibility index (Phi) is 27.3. The summed E-state index contributed by atoms with van der Waals surface area (Å²) in [4.78, 5) is 28.0. The van der Waals surface area contributed by atoms with Crippen molar-refractivity contribution in [3.8, 4) is 11.5 Å². The third kappa shape index (κ3) is 16.8. The zero-order valence-corrected chi connectivity index (χ0v) is 66.5. The predicted octanol–water partition coefficient (Wildman–Crippen LogP) is -4.58. The number of carbonyl (C=O) groups is 2. The van der Waals surface area contributed by atoms with Crippen LogP contribution in [0.2, 0.25) is 0 Å². The third-order valence-electron chi connectivity index (χ3n) is 28.7. The number of esters is 2. The van der Waals surface area contributed by atoms with Gasteiger partial charge < -0.3 is 178 Å². The lowest BCUT2D eigenvalue weighted by Gasteiger charge is -2.71. The highest BCUT2D eigenvalue weighted by Gasteiger charge is 2.71. The zero-order chi connectivity index (χ0) is 85.0. The number of rotatable bonds is 21. The van der Waals surface area contributed by atoms with E-state index in [-0.39, 0.29) is 35.5 Å². The van der Waals surface area contributed by atoms with Crippen LogP contribution in [0.15, 0.2) is 35.9 Å². The lowest BCUT2D eigenvalue weighted by molar-refractivity contribution is -0.383. The molecule has 7 saturated heterocycles. The maximum absolute atomic E-state index is 15.4. The molecule has 12 aliphatic rings. The molecule has 117 heavy (non-hydrogen) atoms. The minimum Gasteiger partial charge on any atom is -0.504 e. The molecular formula is C79H120O38. The second kappa shape index (κ2) is 35.2. The Morgan fingerprint density at radius 3 is 1.76 bits per heavy atom. The van der Waals surface area contributed by atoms with E-state index in [1.54, 1.807) is 0 Å². The van der Waals surface area contributed by atoms with Crippen LogP contribution in [-0.2, 0) is 80.6 Å². The molecule has 11 fully saturated rings. The van der Waals surface area contributed by atoms with Crippen LogP contribution in [-0.4, -0.2) is 368 Å². The van der Waals surface area contributed by atoms with Gasteiger partial charge in [-0.2, -0.15) is 0 Å². The van der Waals surface area contributed by atoms with Gasteiger partial charge in [0.1, 0.15) is 153 Å². The summed E-state index contributed by atoms with van der Waals surface area (Å²) in [7, 11) is 0. The number of aliphatic hydroxyl groups excluding tert-OH is 19. The smallest absolute Gasteiger partial charge is 0.330 e. The van der Waals surface area contributed by atoms with E-state index >= 15 is 4.79 Å². The summed E-state index contributed by atoms with van der Waals surface area (Å²) < 4.78 is 88.8. The summed E-state index contributed by atoms with van der Waals surface area (Å²) >= 11 is 0. The quantitative estimate of drug-likeness (QED) is 0.0181. The molecule has 38 nitrogen and oxygen atoms in total. The lowest BCUT2D eigenvalue weighted by atomic mass is 9.33. The maximum Gasteiger partial charge on any atom is 0.330 e. The van der Waals surface area contributed by atoms with E-state index in [1.807, 2.05) is 6.92 Å². The molecule has 1 aromatic carbocycles. The van der Waals surface area contributed by atoms with E-state index in [4.69, 9.17) is 71.1 Å². The largest absolute Gasteiger partial charge is 0.504 e. The van der Waals surface area contributed by atoms with Gasteiger partial charge in [0.15, 0.2) is 49.2 Å². The number of carbonyl (C=O) groups excluding carboxylic acids is 2. The first-order valence-electron chi connectivity index (χ1n) is 40.5. The van der Waals surface area contributed by atoms with Gasteiger partial charge in [0, 0.05) is 11.5 Å². The molecule has 21 N–H and O–H groups in total. The van der Waals surface area contributed by atoms with Crippen molar-refractivity contribution >= 4 is 18.0 Å². The van der Waals surface area contributed by atoms with E-state index in [9.17, 15) is 112 Å². The molecule has 38 heteroatoms. The summed E-state index contributed by atoms with van der Waals surface area (Å²) in [5.41, 5.74) is -2.26. The van der Waals surface area contributed by atoms with Crippen LogP contribution < -0.4 is 0 Å². The normalized spacial score (nSPS) is 50.7. The van der Waals surface area contributed by atoms with Crippen LogP contribution in [0.4, 0.5) is 0 Å². The number of benzene rings is 1. The number of aromatic hydroxyl groups is 2. The Labute approximate surface area is 674 Å². The highest BCUT2D eigenvalue weighted by molar-refractivity contribution is 5.87. The molecule has 7 heterocycles. The molecule has 5 aliphatic carbocycles. The topological polar surface area (TPSA) is 597 Å². The van der Waals surface area contributed by atoms with Crippen LogP contribution in [0.5, 0.6) is 11.5 Å². The van der Waals surface area contributed by atoms with Crippen molar-refractivity contribution in [2.24, 2.45) is 50.2 Å². The van der Waals surface area contributed by atoms with Crippen LogP contribution in [0.3, 0.4) is 0 Å². The Morgan fingerprint density at radius 2 is 1.09 bits per heavy atom. The molecule has 42 atom stereocenters. The first-order valence-corrected chi connectivity index (χ1v) is 40.5. The summed E-state index contributed by atoms with van der Waals surface area (Å²) in [6.45, 7) is 12.4. The van der Waals surface area contributed by atoms with E-state index in [2.05, 4.69) is 40.7 Å². The van der Waals surface area contributed by atoms with Gasteiger partial charge >= 0.3 is 11.9 Å². The fraction of sp³-hybridized carbons (Fsp3) is 0.848. The SMILES string of the molecule is C[C@@H]1O[C@@H](O[C@H]2[C@H](O)[C@@H](O)[C@H](OC[C@H]3O[C@@H](OC(=O)[C@]45CCC(C)(C)C[C@H]4C4=CC[C@@H]6[C@@]7(C)CC[C@H](O[C@@H]8OC[C@H](O)[C@H](O)[C@H]8O[C@@H]8O[C@@H](C)[C@H](O)[C@@H](O[C@@H]9OC[C@@H](O[C@@H]%10O[C@H](COC(=O)C=Cc%11ccc(O)c(O)c%11)[C@@H](O)[C@H](O)[C@H]%10O)[C@H](O)[C@H]9O)[C@H]8O)[C@@](C)(CO)[C@@H]7CC[C@@]6(C)[C@]4(C)CC5)[C@H](O)[C@@H](O)[C@@H]3O)O[C@@H]2CO)[C@H](O)[C@H](O)[C@H]1O. The van der Waals surface area contributed by atoms with Crippen molar-refractivity contribution in [1.82, 2.24) is 0 Å². The monoisotopic (exact) mass is 1680 g/mol. The molecule has 0 radical (unpaired) electrons. The number of phenols is 2. The first-order chi connectivity index (χ1) is 55.1. The summed E-state index contributed by atoms with van der Waals surface area (Å²) in [5.74, 6) is -2.98. The van der Waals surface area contributed by atoms with Crippen molar-refractivity contribution in [1.29, 1.82) is 0 Å². The summed E-state index contributed by atoms with van der Waals surface area (Å²) in [6, 6.07) is 3.78. The molecule has 0 bridgehead atoms. The second-order valence-corrected chi connectivity index (χ2v) is 36.2. The molecule has 0 amide bonds. The molecular weight excluding hydrogens is 1560 g/mol.